The topological polar surface area (TPSA) is 84.5 Å². The molecule has 1 fully saturated rings. The first kappa shape index (κ1) is 15.5. The van der Waals surface area contributed by atoms with E-state index in [4.69, 9.17) is 4.74 Å². The van der Waals surface area contributed by atoms with Gasteiger partial charge in [-0.25, -0.2) is 13.1 Å². The van der Waals surface area contributed by atoms with Crippen molar-refractivity contribution in [3.8, 4) is 0 Å². The second kappa shape index (κ2) is 6.36. The van der Waals surface area contributed by atoms with E-state index in [1.54, 1.807) is 12.1 Å². The van der Waals surface area contributed by atoms with Gasteiger partial charge in [-0.3, -0.25) is 4.79 Å². The first-order chi connectivity index (χ1) is 10.5. The minimum absolute atomic E-state index is 0.0223. The molecule has 2 heterocycles. The Hall–Kier alpha value is -1.44. The van der Waals surface area contributed by atoms with Crippen LogP contribution in [-0.2, 0) is 26.0 Å². The lowest BCUT2D eigenvalue weighted by atomic mass is 10.1. The molecule has 7 heteroatoms. The first-order valence-corrected chi connectivity index (χ1v) is 9.07. The fourth-order valence-electron chi connectivity index (χ4n) is 2.81. The minimum Gasteiger partial charge on any atom is -0.377 e. The molecule has 0 saturated carbocycles. The molecule has 6 nitrogen and oxygen atoms in total. The van der Waals surface area contributed by atoms with E-state index < -0.39 is 10.0 Å². The summed E-state index contributed by atoms with van der Waals surface area (Å²) in [5, 5.41) is 2.80. The smallest absolute Gasteiger partial charge is 0.240 e. The third-order valence-electron chi connectivity index (χ3n) is 4.04. The average Bonchev–Trinajstić information content (AvgIpc) is 2.93. The lowest BCUT2D eigenvalue weighted by molar-refractivity contribution is -0.116. The maximum atomic E-state index is 12.4. The van der Waals surface area contributed by atoms with Crippen LogP contribution in [0.1, 0.15) is 31.2 Å². The Balaban J connectivity index is 1.75. The lowest BCUT2D eigenvalue weighted by Crippen LogP contribution is -2.31. The quantitative estimate of drug-likeness (QED) is 0.877. The number of sulfonamides is 1. The summed E-state index contributed by atoms with van der Waals surface area (Å²) in [6.45, 7) is 1.00. The van der Waals surface area contributed by atoms with E-state index in [0.717, 1.165) is 24.8 Å². The fourth-order valence-corrected chi connectivity index (χ4v) is 3.93. The van der Waals surface area contributed by atoms with Gasteiger partial charge >= 0.3 is 0 Å². The van der Waals surface area contributed by atoms with Gasteiger partial charge < -0.3 is 10.1 Å². The highest BCUT2D eigenvalue weighted by Gasteiger charge is 2.22. The minimum atomic E-state index is -3.55. The molecule has 1 aromatic rings. The molecule has 1 atom stereocenters. The predicted octanol–water partition coefficient (Wildman–Crippen LogP) is 1.42. The van der Waals surface area contributed by atoms with Crippen molar-refractivity contribution >= 4 is 21.6 Å². The molecular formula is C15H20N2O4S. The average molecular weight is 324 g/mol. The van der Waals surface area contributed by atoms with Gasteiger partial charge in [-0.2, -0.15) is 0 Å². The van der Waals surface area contributed by atoms with Crippen molar-refractivity contribution in [1.82, 2.24) is 4.72 Å². The van der Waals surface area contributed by atoms with Crippen molar-refractivity contribution in [1.29, 1.82) is 0 Å². The van der Waals surface area contributed by atoms with Crippen molar-refractivity contribution in [3.05, 3.63) is 23.8 Å². The SMILES string of the molecule is O=C1CCCc2cc(S(=O)(=O)NCC3CCCO3)ccc2N1. The fraction of sp³-hybridized carbons (Fsp3) is 0.533. The second-order valence-electron chi connectivity index (χ2n) is 5.71. The normalized spacial score (nSPS) is 22.0. The predicted molar refractivity (Wildman–Crippen MR) is 82.2 cm³/mol. The van der Waals surface area contributed by atoms with Gasteiger partial charge in [0, 0.05) is 25.3 Å². The molecule has 1 unspecified atom stereocenters. The number of ether oxygens (including phenoxy) is 1. The monoisotopic (exact) mass is 324 g/mol. The number of hydrogen-bond donors (Lipinski definition) is 2. The summed E-state index contributed by atoms with van der Waals surface area (Å²) in [6.07, 6.45) is 3.72. The third kappa shape index (κ3) is 3.48. The number of amides is 1. The summed E-state index contributed by atoms with van der Waals surface area (Å²) >= 11 is 0. The highest BCUT2D eigenvalue weighted by atomic mass is 32.2. The maximum Gasteiger partial charge on any atom is 0.240 e. The number of aryl methyl sites for hydroxylation is 1. The van der Waals surface area contributed by atoms with Crippen LogP contribution in [0.25, 0.3) is 0 Å². The number of fused-ring (bicyclic) bond motifs is 1. The molecule has 1 aromatic carbocycles. The van der Waals surface area contributed by atoms with E-state index in [-0.39, 0.29) is 16.9 Å². The molecule has 0 aromatic heterocycles. The zero-order valence-electron chi connectivity index (χ0n) is 12.3. The van der Waals surface area contributed by atoms with Crippen LogP contribution in [0.5, 0.6) is 0 Å². The van der Waals surface area contributed by atoms with E-state index in [0.29, 0.717) is 31.7 Å². The second-order valence-corrected chi connectivity index (χ2v) is 7.47. The van der Waals surface area contributed by atoms with Gasteiger partial charge in [0.25, 0.3) is 0 Å². The zero-order chi connectivity index (χ0) is 15.6. The van der Waals surface area contributed by atoms with Crippen LogP contribution in [0.15, 0.2) is 23.1 Å². The molecule has 1 saturated heterocycles. The standard InChI is InChI=1S/C15H20N2O4S/c18-15-5-1-3-11-9-13(6-7-14(11)17-15)22(19,20)16-10-12-4-2-8-21-12/h6-7,9,12,16H,1-5,8,10H2,(H,17,18). The summed E-state index contributed by atoms with van der Waals surface area (Å²) in [4.78, 5) is 11.8. The summed E-state index contributed by atoms with van der Waals surface area (Å²) in [7, 11) is -3.55. The van der Waals surface area contributed by atoms with Gasteiger partial charge in [0.15, 0.2) is 0 Å². The van der Waals surface area contributed by atoms with Crippen molar-refractivity contribution in [2.75, 3.05) is 18.5 Å². The van der Waals surface area contributed by atoms with Crippen molar-refractivity contribution in [2.45, 2.75) is 43.1 Å². The van der Waals surface area contributed by atoms with Crippen molar-refractivity contribution in [3.63, 3.8) is 0 Å². The van der Waals surface area contributed by atoms with Gasteiger partial charge in [-0.05, 0) is 49.4 Å². The summed E-state index contributed by atoms with van der Waals surface area (Å²) in [5.74, 6) is -0.0223. The van der Waals surface area contributed by atoms with Gasteiger partial charge in [-0.1, -0.05) is 0 Å². The van der Waals surface area contributed by atoms with E-state index in [9.17, 15) is 13.2 Å². The molecular weight excluding hydrogens is 304 g/mol. The number of benzene rings is 1. The Morgan fingerprint density at radius 2 is 2.14 bits per heavy atom. The summed E-state index contributed by atoms with van der Waals surface area (Å²) in [6, 6.07) is 4.85. The van der Waals surface area contributed by atoms with Crippen molar-refractivity contribution in [2.24, 2.45) is 0 Å². The van der Waals surface area contributed by atoms with E-state index in [2.05, 4.69) is 10.0 Å². The van der Waals surface area contributed by atoms with Crippen LogP contribution in [0.3, 0.4) is 0 Å². The van der Waals surface area contributed by atoms with Crippen LogP contribution >= 0.6 is 0 Å². The third-order valence-corrected chi connectivity index (χ3v) is 5.46. The van der Waals surface area contributed by atoms with Gasteiger partial charge in [0.2, 0.25) is 15.9 Å². The highest BCUT2D eigenvalue weighted by molar-refractivity contribution is 7.89. The molecule has 2 N–H and O–H groups in total. The molecule has 0 radical (unpaired) electrons. The lowest BCUT2D eigenvalue weighted by Gasteiger charge is -2.13. The Labute approximate surface area is 130 Å². The van der Waals surface area contributed by atoms with Gasteiger partial charge in [-0.15, -0.1) is 0 Å². The first-order valence-electron chi connectivity index (χ1n) is 7.59. The summed E-state index contributed by atoms with van der Waals surface area (Å²) in [5.41, 5.74) is 1.58. The molecule has 3 rings (SSSR count). The van der Waals surface area contributed by atoms with Crippen LogP contribution < -0.4 is 10.0 Å². The largest absolute Gasteiger partial charge is 0.377 e. The molecule has 0 bridgehead atoms. The molecule has 120 valence electrons. The molecule has 1 amide bonds. The number of nitrogens with one attached hydrogen (secondary N) is 2. The molecule has 0 aliphatic carbocycles. The number of rotatable bonds is 4. The van der Waals surface area contributed by atoms with Crippen LogP contribution in [0, 0.1) is 0 Å². The van der Waals surface area contributed by atoms with Crippen LogP contribution in [0.4, 0.5) is 5.69 Å². The Bertz CT molecular complexity index is 666. The molecule has 22 heavy (non-hydrogen) atoms. The Morgan fingerprint density at radius 1 is 1.27 bits per heavy atom. The molecule has 0 spiro atoms. The number of carbonyl (C=O) groups is 1. The van der Waals surface area contributed by atoms with Crippen LogP contribution in [0.2, 0.25) is 0 Å². The maximum absolute atomic E-state index is 12.4. The highest BCUT2D eigenvalue weighted by Crippen LogP contribution is 2.25. The summed E-state index contributed by atoms with van der Waals surface area (Å²) < 4.78 is 32.8. The zero-order valence-corrected chi connectivity index (χ0v) is 13.1. The molecule has 2 aliphatic rings. The number of hydrogen-bond acceptors (Lipinski definition) is 4. The number of carbonyl (C=O) groups excluding carboxylic acids is 1. The van der Waals surface area contributed by atoms with Crippen molar-refractivity contribution < 1.29 is 17.9 Å². The van der Waals surface area contributed by atoms with E-state index in [1.165, 1.54) is 6.07 Å². The van der Waals surface area contributed by atoms with E-state index in [1.807, 2.05) is 0 Å². The number of anilines is 1. The molecule has 2 aliphatic heterocycles. The van der Waals surface area contributed by atoms with Crippen LogP contribution in [-0.4, -0.2) is 33.6 Å². The van der Waals surface area contributed by atoms with Gasteiger partial charge in [0.05, 0.1) is 11.0 Å². The van der Waals surface area contributed by atoms with Gasteiger partial charge in [0.1, 0.15) is 0 Å². The Morgan fingerprint density at radius 3 is 2.91 bits per heavy atom. The van der Waals surface area contributed by atoms with E-state index >= 15 is 0 Å². The Kier molecular flexibility index (Phi) is 4.46.